The molecule has 0 saturated carbocycles. The molecule has 0 heterocycles. The number of aliphatic hydroxyl groups is 1. The van der Waals surface area contributed by atoms with Gasteiger partial charge in [-0.3, -0.25) is 23.4 Å². The number of unbranched alkanes of at least 4 members (excludes halogenated alkanes) is 21. The van der Waals surface area contributed by atoms with Gasteiger partial charge in [0.05, 0.1) is 19.8 Å². The lowest BCUT2D eigenvalue weighted by Gasteiger charge is -2.21. The Morgan fingerprint density at radius 3 is 1.18 bits per heavy atom. The number of phosphoric ester groups is 1. The normalized spacial score (nSPS) is 14.0. The first kappa shape index (κ1) is 68.7. The standard InChI is InChI=1S/C60H103O11P/c1-4-7-10-13-16-19-22-25-26-27-28-29-30-33-36-39-42-45-48-51-60(64)71-57(53-67-58(62)49-46-43-40-37-34-31-23-20-17-14-11-8-5-2)55-69-72(65,66)68-54-56(52-61)70-59(63)50-47-44-41-38-35-32-24-21-18-15-12-9-6-3/h7,10,12,15-16,19,21,24-26,28-29,33,36,56-57,61H,4-6,8-9,11,13-14,17-18,20,22-23,27,30-32,34-35,37-55H2,1-3H3,(H,65,66)/b10-7-,15-12-,19-16-,24-21-,26-25-,29-28-,36-33-. The van der Waals surface area contributed by atoms with Crippen molar-refractivity contribution in [2.45, 2.75) is 251 Å². The minimum atomic E-state index is -4.76. The highest BCUT2D eigenvalue weighted by molar-refractivity contribution is 7.47. The van der Waals surface area contributed by atoms with E-state index in [0.717, 1.165) is 122 Å². The van der Waals surface area contributed by atoms with Gasteiger partial charge in [-0.2, -0.15) is 0 Å². The maximum atomic E-state index is 12.9. The second kappa shape index (κ2) is 53.9. The molecule has 3 atom stereocenters. The minimum absolute atomic E-state index is 0.126. The number of hydrogen-bond donors (Lipinski definition) is 2. The highest BCUT2D eigenvalue weighted by Gasteiger charge is 2.28. The highest BCUT2D eigenvalue weighted by Crippen LogP contribution is 2.43. The summed E-state index contributed by atoms with van der Waals surface area (Å²) in [5.74, 6) is -1.52. The lowest BCUT2D eigenvalue weighted by Crippen LogP contribution is -2.30. The summed E-state index contributed by atoms with van der Waals surface area (Å²) in [6.07, 6.45) is 61.1. The van der Waals surface area contributed by atoms with Gasteiger partial charge in [-0.25, -0.2) is 4.57 Å². The first-order valence-electron chi connectivity index (χ1n) is 28.5. The van der Waals surface area contributed by atoms with Gasteiger partial charge in [-0.15, -0.1) is 0 Å². The predicted octanol–water partition coefficient (Wildman–Crippen LogP) is 16.7. The molecule has 0 aromatic carbocycles. The Labute approximate surface area is 439 Å². The lowest BCUT2D eigenvalue weighted by molar-refractivity contribution is -0.161. The predicted molar refractivity (Wildman–Crippen MR) is 298 cm³/mol. The fourth-order valence-electron chi connectivity index (χ4n) is 7.48. The van der Waals surface area contributed by atoms with Gasteiger partial charge in [0.15, 0.2) is 6.10 Å². The molecule has 0 rings (SSSR count). The van der Waals surface area contributed by atoms with E-state index in [1.807, 2.05) is 0 Å². The van der Waals surface area contributed by atoms with Crippen molar-refractivity contribution in [3.05, 3.63) is 85.1 Å². The third kappa shape index (κ3) is 51.6. The van der Waals surface area contributed by atoms with Crippen molar-refractivity contribution in [3.63, 3.8) is 0 Å². The molecule has 3 unspecified atom stereocenters. The van der Waals surface area contributed by atoms with Gasteiger partial charge in [0.25, 0.3) is 0 Å². The van der Waals surface area contributed by atoms with Gasteiger partial charge >= 0.3 is 25.7 Å². The number of phosphoric acid groups is 1. The average molecular weight is 1030 g/mol. The Kier molecular flexibility index (Phi) is 51.4. The quantitative estimate of drug-likeness (QED) is 0.0197. The van der Waals surface area contributed by atoms with Gasteiger partial charge in [-0.05, 0) is 89.9 Å². The van der Waals surface area contributed by atoms with Crippen LogP contribution in [0.2, 0.25) is 0 Å². The molecule has 72 heavy (non-hydrogen) atoms. The van der Waals surface area contributed by atoms with Crippen LogP contribution in [0.3, 0.4) is 0 Å². The first-order chi connectivity index (χ1) is 35.2. The van der Waals surface area contributed by atoms with Crippen molar-refractivity contribution in [2.24, 2.45) is 0 Å². The first-order valence-corrected chi connectivity index (χ1v) is 30.0. The van der Waals surface area contributed by atoms with Gasteiger partial charge in [0.1, 0.15) is 12.7 Å². The average Bonchev–Trinajstić information content (AvgIpc) is 3.37. The fraction of sp³-hybridized carbons (Fsp3) is 0.717. The van der Waals surface area contributed by atoms with Crippen LogP contribution in [-0.2, 0) is 42.2 Å². The SMILES string of the molecule is CC/C=C\C/C=C\C/C=C\C/C=C\C/C=C\CCCCCC(=O)OC(COC(=O)CCCCCCCCCCCCCCC)COP(=O)(O)OCC(CO)OC(=O)CCCCCCC/C=C\C/C=C\CCC. The molecule has 11 nitrogen and oxygen atoms in total. The number of carbonyl (C=O) groups excluding carboxylic acids is 3. The van der Waals surface area contributed by atoms with E-state index in [2.05, 4.69) is 106 Å². The second-order valence-electron chi connectivity index (χ2n) is 18.7. The molecule has 2 N–H and O–H groups in total. The number of aliphatic hydroxyl groups excluding tert-OH is 1. The summed E-state index contributed by atoms with van der Waals surface area (Å²) < 4.78 is 39.4. The van der Waals surface area contributed by atoms with E-state index in [4.69, 9.17) is 23.3 Å². The van der Waals surface area contributed by atoms with Crippen LogP contribution in [0.25, 0.3) is 0 Å². The number of allylic oxidation sites excluding steroid dienone is 14. The Morgan fingerprint density at radius 2 is 0.750 bits per heavy atom. The maximum absolute atomic E-state index is 12.9. The summed E-state index contributed by atoms with van der Waals surface area (Å²) in [4.78, 5) is 48.5. The summed E-state index contributed by atoms with van der Waals surface area (Å²) in [6, 6.07) is 0. The Morgan fingerprint density at radius 1 is 0.403 bits per heavy atom. The molecular weight excluding hydrogens is 928 g/mol. The fourth-order valence-corrected chi connectivity index (χ4v) is 8.26. The third-order valence-corrected chi connectivity index (χ3v) is 12.7. The van der Waals surface area contributed by atoms with Crippen LogP contribution in [0.1, 0.15) is 239 Å². The van der Waals surface area contributed by atoms with Crippen molar-refractivity contribution in [1.29, 1.82) is 0 Å². The molecule has 0 saturated heterocycles. The van der Waals surface area contributed by atoms with Crippen LogP contribution in [0, 0.1) is 0 Å². The maximum Gasteiger partial charge on any atom is 0.472 e. The third-order valence-electron chi connectivity index (χ3n) is 11.8. The summed E-state index contributed by atoms with van der Waals surface area (Å²) in [6.45, 7) is 4.41. The molecule has 0 radical (unpaired) electrons. The van der Waals surface area contributed by atoms with E-state index in [1.54, 1.807) is 0 Å². The highest BCUT2D eigenvalue weighted by atomic mass is 31.2. The van der Waals surface area contributed by atoms with Gasteiger partial charge in [0.2, 0.25) is 0 Å². The Hall–Kier alpha value is -3.34. The van der Waals surface area contributed by atoms with Crippen molar-refractivity contribution >= 4 is 25.7 Å². The van der Waals surface area contributed by atoms with Crippen LogP contribution < -0.4 is 0 Å². The largest absolute Gasteiger partial charge is 0.472 e. The molecular formula is C60H103O11P. The summed E-state index contributed by atoms with van der Waals surface area (Å²) >= 11 is 0. The van der Waals surface area contributed by atoms with Crippen LogP contribution >= 0.6 is 7.82 Å². The zero-order chi connectivity index (χ0) is 52.7. The van der Waals surface area contributed by atoms with Crippen molar-refractivity contribution in [1.82, 2.24) is 0 Å². The molecule has 0 fully saturated rings. The van der Waals surface area contributed by atoms with Crippen LogP contribution in [0.15, 0.2) is 85.1 Å². The molecule has 0 aliphatic rings. The molecule has 0 aromatic heterocycles. The molecule has 0 amide bonds. The number of esters is 3. The summed E-state index contributed by atoms with van der Waals surface area (Å²) in [7, 11) is -4.76. The number of ether oxygens (including phenoxy) is 3. The van der Waals surface area contributed by atoms with E-state index < -0.39 is 57.8 Å². The molecule has 12 heteroatoms. The van der Waals surface area contributed by atoms with Crippen molar-refractivity contribution in [3.8, 4) is 0 Å². The minimum Gasteiger partial charge on any atom is -0.462 e. The summed E-state index contributed by atoms with van der Waals surface area (Å²) in [5.41, 5.74) is 0. The van der Waals surface area contributed by atoms with Crippen molar-refractivity contribution in [2.75, 3.05) is 26.4 Å². The Balaban J connectivity index is 4.80. The molecule has 0 spiro atoms. The zero-order valence-electron chi connectivity index (χ0n) is 45.6. The van der Waals surface area contributed by atoms with E-state index in [9.17, 15) is 28.9 Å². The molecule has 0 aromatic rings. The van der Waals surface area contributed by atoms with Crippen LogP contribution in [0.4, 0.5) is 0 Å². The van der Waals surface area contributed by atoms with E-state index >= 15 is 0 Å². The molecule has 0 aliphatic heterocycles. The topological polar surface area (TPSA) is 155 Å². The van der Waals surface area contributed by atoms with Crippen LogP contribution in [0.5, 0.6) is 0 Å². The smallest absolute Gasteiger partial charge is 0.462 e. The zero-order valence-corrected chi connectivity index (χ0v) is 46.5. The number of carbonyl (C=O) groups is 3. The molecule has 414 valence electrons. The van der Waals surface area contributed by atoms with E-state index in [-0.39, 0.29) is 25.9 Å². The number of rotatable bonds is 52. The van der Waals surface area contributed by atoms with Crippen molar-refractivity contribution < 1.29 is 52.2 Å². The number of hydrogen-bond acceptors (Lipinski definition) is 10. The van der Waals surface area contributed by atoms with Gasteiger partial charge in [0, 0.05) is 19.3 Å². The lowest BCUT2D eigenvalue weighted by atomic mass is 10.0. The van der Waals surface area contributed by atoms with E-state index in [0.29, 0.717) is 19.3 Å². The Bertz CT molecular complexity index is 1530. The molecule has 0 aliphatic carbocycles. The van der Waals surface area contributed by atoms with Gasteiger partial charge in [-0.1, -0.05) is 215 Å². The second-order valence-corrected chi connectivity index (χ2v) is 20.2. The van der Waals surface area contributed by atoms with Gasteiger partial charge < -0.3 is 24.2 Å². The monoisotopic (exact) mass is 1030 g/mol. The van der Waals surface area contributed by atoms with E-state index in [1.165, 1.54) is 57.8 Å². The summed E-state index contributed by atoms with van der Waals surface area (Å²) in [5, 5.41) is 9.80. The van der Waals surface area contributed by atoms with Crippen LogP contribution in [-0.4, -0.2) is 66.5 Å². The molecule has 0 bridgehead atoms.